The van der Waals surface area contributed by atoms with E-state index in [1.165, 1.54) is 0 Å². The Morgan fingerprint density at radius 2 is 2.03 bits per heavy atom. The fraction of sp³-hybridized carbons (Fsp3) is 0.429. The van der Waals surface area contributed by atoms with Gasteiger partial charge in [-0.2, -0.15) is 5.10 Å². The van der Waals surface area contributed by atoms with Gasteiger partial charge in [-0.1, -0.05) is 44.7 Å². The van der Waals surface area contributed by atoms with E-state index in [9.17, 15) is 4.79 Å². The van der Waals surface area contributed by atoms with Crippen molar-refractivity contribution in [2.45, 2.75) is 37.4 Å². The molecule has 2 aromatic heterocycles. The highest BCUT2D eigenvalue weighted by Gasteiger charge is 2.14. The first-order valence-corrected chi connectivity index (χ1v) is 12.3. The number of anilines is 1. The van der Waals surface area contributed by atoms with Gasteiger partial charge in [-0.25, -0.2) is 14.6 Å². The highest BCUT2D eigenvalue weighted by atomic mass is 32.2. The molecule has 0 aliphatic heterocycles. The number of aromatic nitrogens is 4. The normalized spacial score (nSPS) is 11.2. The number of thioether (sulfide) groups is 2. The maximum absolute atomic E-state index is 12.6. The molecule has 3 aromatic rings. The molecule has 0 saturated heterocycles. The molecule has 1 amide bonds. The van der Waals surface area contributed by atoms with Gasteiger partial charge in [-0.05, 0) is 30.1 Å². The van der Waals surface area contributed by atoms with E-state index in [2.05, 4.69) is 41.5 Å². The molecule has 9 heteroatoms. The van der Waals surface area contributed by atoms with Gasteiger partial charge in [0.05, 0.1) is 23.7 Å². The quantitative estimate of drug-likeness (QED) is 0.359. The number of benzene rings is 1. The number of fused-ring (bicyclic) bond motifs is 1. The van der Waals surface area contributed by atoms with Gasteiger partial charge in [0.15, 0.2) is 10.8 Å². The predicted molar refractivity (Wildman–Crippen MR) is 126 cm³/mol. The molecule has 0 bridgehead atoms. The molecule has 1 aromatic carbocycles. The molecule has 0 saturated carbocycles. The van der Waals surface area contributed by atoms with Crippen LogP contribution < -0.4 is 10.6 Å². The van der Waals surface area contributed by atoms with Gasteiger partial charge in [0.1, 0.15) is 5.82 Å². The first-order valence-electron chi connectivity index (χ1n) is 10.0. The van der Waals surface area contributed by atoms with Crippen LogP contribution in [0.4, 0.5) is 5.82 Å². The molecule has 160 valence electrons. The monoisotopic (exact) mass is 444 g/mol. The van der Waals surface area contributed by atoms with Crippen LogP contribution in [0, 0.1) is 5.92 Å². The van der Waals surface area contributed by atoms with E-state index in [4.69, 9.17) is 4.98 Å². The Balaban J connectivity index is 1.75. The molecule has 30 heavy (non-hydrogen) atoms. The van der Waals surface area contributed by atoms with Gasteiger partial charge in [0, 0.05) is 18.0 Å². The van der Waals surface area contributed by atoms with Crippen molar-refractivity contribution in [3.05, 3.63) is 36.0 Å². The van der Waals surface area contributed by atoms with Crippen LogP contribution in [0.1, 0.15) is 31.1 Å². The third-order valence-electron chi connectivity index (χ3n) is 4.39. The maximum Gasteiger partial charge on any atom is 0.252 e. The number of carbonyl (C=O) groups excluding carboxylic acids is 1. The number of carbonyl (C=O) groups is 1. The van der Waals surface area contributed by atoms with E-state index < -0.39 is 0 Å². The summed E-state index contributed by atoms with van der Waals surface area (Å²) in [4.78, 5) is 22.9. The average Bonchev–Trinajstić information content (AvgIpc) is 3.15. The average molecular weight is 445 g/mol. The predicted octanol–water partition coefficient (Wildman–Crippen LogP) is 4.16. The minimum Gasteiger partial charge on any atom is -0.369 e. The van der Waals surface area contributed by atoms with Crippen LogP contribution in [0.5, 0.6) is 0 Å². The minimum absolute atomic E-state index is 0.0763. The second-order valence-electron chi connectivity index (χ2n) is 7.12. The van der Waals surface area contributed by atoms with Crippen LogP contribution >= 0.6 is 23.5 Å². The van der Waals surface area contributed by atoms with Gasteiger partial charge in [0.2, 0.25) is 0 Å². The van der Waals surface area contributed by atoms with Crippen LogP contribution in [0.25, 0.3) is 11.0 Å². The van der Waals surface area contributed by atoms with Gasteiger partial charge < -0.3 is 10.6 Å². The number of rotatable bonds is 10. The summed E-state index contributed by atoms with van der Waals surface area (Å²) in [7, 11) is 0. The zero-order valence-corrected chi connectivity index (χ0v) is 19.4. The van der Waals surface area contributed by atoms with Crippen molar-refractivity contribution in [2.75, 3.05) is 30.4 Å². The Hall–Kier alpha value is -2.26. The molecule has 2 N–H and O–H groups in total. The van der Waals surface area contributed by atoms with Crippen LogP contribution in [-0.4, -0.2) is 50.8 Å². The molecule has 0 fully saturated rings. The van der Waals surface area contributed by atoms with E-state index in [-0.39, 0.29) is 5.91 Å². The molecule has 0 radical (unpaired) electrons. The largest absolute Gasteiger partial charge is 0.369 e. The molecule has 0 aliphatic rings. The zero-order chi connectivity index (χ0) is 21.5. The SMILES string of the molecule is CCSc1nc(NCC(C)C)c2cnn(CCNC(=O)c3ccccc3SC)c2n1. The lowest BCUT2D eigenvalue weighted by Gasteiger charge is -2.11. The second-order valence-corrected chi connectivity index (χ2v) is 9.20. The van der Waals surface area contributed by atoms with Crippen LogP contribution in [-0.2, 0) is 6.54 Å². The summed E-state index contributed by atoms with van der Waals surface area (Å²) >= 11 is 3.17. The molecule has 0 aliphatic carbocycles. The van der Waals surface area contributed by atoms with Crippen molar-refractivity contribution in [1.82, 2.24) is 25.1 Å². The van der Waals surface area contributed by atoms with Crippen LogP contribution in [0.15, 0.2) is 40.5 Å². The Kier molecular flexibility index (Phi) is 7.98. The molecule has 7 nitrogen and oxygen atoms in total. The van der Waals surface area contributed by atoms with E-state index >= 15 is 0 Å². The maximum atomic E-state index is 12.6. The van der Waals surface area contributed by atoms with Gasteiger partial charge in [-0.3, -0.25) is 4.79 Å². The highest BCUT2D eigenvalue weighted by molar-refractivity contribution is 7.99. The first kappa shape index (κ1) is 22.4. The third kappa shape index (κ3) is 5.46. The van der Waals surface area contributed by atoms with E-state index in [1.807, 2.05) is 35.2 Å². The molecule has 0 atom stereocenters. The topological polar surface area (TPSA) is 84.7 Å². The third-order valence-corrected chi connectivity index (χ3v) is 5.91. The molecule has 0 unspecified atom stereocenters. The summed E-state index contributed by atoms with van der Waals surface area (Å²) in [6.45, 7) is 8.24. The molecule has 2 heterocycles. The van der Waals surface area contributed by atoms with Gasteiger partial charge in [0.25, 0.3) is 5.91 Å². The highest BCUT2D eigenvalue weighted by Crippen LogP contribution is 2.24. The summed E-state index contributed by atoms with van der Waals surface area (Å²) < 4.78 is 1.83. The molecular weight excluding hydrogens is 416 g/mol. The van der Waals surface area contributed by atoms with Gasteiger partial charge in [-0.15, -0.1) is 11.8 Å². The van der Waals surface area contributed by atoms with E-state index in [1.54, 1.807) is 29.7 Å². The number of hydrogen-bond acceptors (Lipinski definition) is 7. The summed E-state index contributed by atoms with van der Waals surface area (Å²) in [6.07, 6.45) is 3.77. The Labute approximate surface area is 185 Å². The van der Waals surface area contributed by atoms with Crippen LogP contribution in [0.2, 0.25) is 0 Å². The summed E-state index contributed by atoms with van der Waals surface area (Å²) in [5.41, 5.74) is 1.48. The number of nitrogens with zero attached hydrogens (tertiary/aromatic N) is 4. The number of nitrogens with one attached hydrogen (secondary N) is 2. The summed E-state index contributed by atoms with van der Waals surface area (Å²) in [6, 6.07) is 7.62. The summed E-state index contributed by atoms with van der Waals surface area (Å²) in [5, 5.41) is 12.5. The molecule has 0 spiro atoms. The summed E-state index contributed by atoms with van der Waals surface area (Å²) in [5.74, 6) is 2.14. The van der Waals surface area contributed by atoms with Crippen molar-refractivity contribution in [2.24, 2.45) is 5.92 Å². The smallest absolute Gasteiger partial charge is 0.252 e. The van der Waals surface area contributed by atoms with Crippen molar-refractivity contribution in [1.29, 1.82) is 0 Å². The Morgan fingerprint density at radius 3 is 2.77 bits per heavy atom. The van der Waals surface area contributed by atoms with Crippen molar-refractivity contribution in [3.63, 3.8) is 0 Å². The second kappa shape index (κ2) is 10.7. The molecular formula is C21H28N6OS2. The number of amides is 1. The van der Waals surface area contributed by atoms with Gasteiger partial charge >= 0.3 is 0 Å². The lowest BCUT2D eigenvalue weighted by molar-refractivity contribution is 0.0949. The van der Waals surface area contributed by atoms with E-state index in [0.717, 1.165) is 39.2 Å². The lowest BCUT2D eigenvalue weighted by atomic mass is 10.2. The van der Waals surface area contributed by atoms with Crippen molar-refractivity contribution >= 4 is 46.3 Å². The van der Waals surface area contributed by atoms with E-state index in [0.29, 0.717) is 24.6 Å². The lowest BCUT2D eigenvalue weighted by Crippen LogP contribution is -2.28. The Bertz CT molecular complexity index is 1000. The zero-order valence-electron chi connectivity index (χ0n) is 17.8. The number of hydrogen-bond donors (Lipinski definition) is 2. The van der Waals surface area contributed by atoms with Crippen molar-refractivity contribution in [3.8, 4) is 0 Å². The minimum atomic E-state index is -0.0763. The molecule has 3 rings (SSSR count). The first-order chi connectivity index (χ1) is 14.5. The Morgan fingerprint density at radius 1 is 1.23 bits per heavy atom. The van der Waals surface area contributed by atoms with Crippen LogP contribution in [0.3, 0.4) is 0 Å². The fourth-order valence-electron chi connectivity index (χ4n) is 2.93. The standard InChI is InChI=1S/C21H28N6OS2/c1-5-30-21-25-18(23-12-14(2)3)16-13-24-27(19(16)26-21)11-10-22-20(28)15-8-6-7-9-17(15)29-4/h6-9,13-14H,5,10-12H2,1-4H3,(H,22,28)(H,23,25,26). The van der Waals surface area contributed by atoms with Crippen molar-refractivity contribution < 1.29 is 4.79 Å². The fourth-order valence-corrected chi connectivity index (χ4v) is 4.09.